The van der Waals surface area contributed by atoms with Gasteiger partial charge in [-0.15, -0.1) is 16.9 Å². The van der Waals surface area contributed by atoms with E-state index in [9.17, 15) is 0 Å². The number of aromatic nitrogens is 2. The van der Waals surface area contributed by atoms with Gasteiger partial charge in [0.25, 0.3) is 0 Å². The summed E-state index contributed by atoms with van der Waals surface area (Å²) < 4.78 is 0. The number of nitrogens with one attached hydrogen (secondary N) is 1. The van der Waals surface area contributed by atoms with Crippen LogP contribution in [0.3, 0.4) is 0 Å². The van der Waals surface area contributed by atoms with Crippen molar-refractivity contribution in [1.82, 2.24) is 10.2 Å². The molecule has 5 nitrogen and oxygen atoms in total. The van der Waals surface area contributed by atoms with Crippen LogP contribution in [0.25, 0.3) is 0 Å². The molecule has 0 bridgehead atoms. The van der Waals surface area contributed by atoms with E-state index in [2.05, 4.69) is 10.2 Å². The standard InChI is InChI=1S/C12H20N4OS/c1-3-8-9(4-2)15-16-12(10(8)11(13)14)18-7-5-6-17/h17H,3-7H2,1-2H3,(H3,13,14). The molecule has 1 aromatic rings. The summed E-state index contributed by atoms with van der Waals surface area (Å²) in [5, 5.41) is 25.6. The van der Waals surface area contributed by atoms with Crippen molar-refractivity contribution in [2.75, 3.05) is 12.4 Å². The second-order valence-electron chi connectivity index (χ2n) is 3.85. The lowest BCUT2D eigenvalue weighted by Gasteiger charge is -2.13. The summed E-state index contributed by atoms with van der Waals surface area (Å²) in [5.74, 6) is 0.794. The van der Waals surface area contributed by atoms with Crippen molar-refractivity contribution in [3.05, 3.63) is 16.8 Å². The summed E-state index contributed by atoms with van der Waals surface area (Å²) >= 11 is 1.49. The van der Waals surface area contributed by atoms with Gasteiger partial charge in [-0.3, -0.25) is 5.41 Å². The van der Waals surface area contributed by atoms with Crippen LogP contribution in [-0.2, 0) is 12.8 Å². The Labute approximate surface area is 112 Å². The number of hydrogen-bond donors (Lipinski definition) is 3. The van der Waals surface area contributed by atoms with E-state index in [1.807, 2.05) is 13.8 Å². The van der Waals surface area contributed by atoms with E-state index < -0.39 is 0 Å². The third kappa shape index (κ3) is 3.43. The number of hydrogen-bond acceptors (Lipinski definition) is 5. The fourth-order valence-corrected chi connectivity index (χ4v) is 2.71. The second-order valence-corrected chi connectivity index (χ2v) is 4.94. The molecule has 0 fully saturated rings. The molecule has 0 unspecified atom stereocenters. The molecule has 0 amide bonds. The maximum absolute atomic E-state index is 8.79. The van der Waals surface area contributed by atoms with E-state index in [1.165, 1.54) is 11.8 Å². The van der Waals surface area contributed by atoms with Gasteiger partial charge in [0.05, 0.1) is 11.3 Å². The van der Waals surface area contributed by atoms with Gasteiger partial charge in [-0.1, -0.05) is 13.8 Å². The van der Waals surface area contributed by atoms with Gasteiger partial charge < -0.3 is 10.8 Å². The fourth-order valence-electron chi connectivity index (χ4n) is 1.77. The van der Waals surface area contributed by atoms with E-state index in [4.69, 9.17) is 16.2 Å². The quantitative estimate of drug-likeness (QED) is 0.300. The Morgan fingerprint density at radius 1 is 1.33 bits per heavy atom. The Kier molecular flexibility index (Phi) is 6.07. The van der Waals surface area contributed by atoms with Gasteiger partial charge in [0.2, 0.25) is 0 Å². The molecule has 0 saturated carbocycles. The Balaban J connectivity index is 3.13. The van der Waals surface area contributed by atoms with Crippen molar-refractivity contribution in [2.24, 2.45) is 5.73 Å². The van der Waals surface area contributed by atoms with E-state index in [0.29, 0.717) is 17.0 Å². The predicted octanol–water partition coefficient (Wildman–Crippen LogP) is 1.36. The molecule has 0 saturated heterocycles. The average Bonchev–Trinajstić information content (AvgIpc) is 2.37. The monoisotopic (exact) mass is 268 g/mol. The number of thioether (sulfide) groups is 1. The molecule has 0 aromatic carbocycles. The van der Waals surface area contributed by atoms with Crippen molar-refractivity contribution in [1.29, 1.82) is 5.41 Å². The van der Waals surface area contributed by atoms with Crippen LogP contribution < -0.4 is 5.73 Å². The van der Waals surface area contributed by atoms with Gasteiger partial charge in [-0.2, -0.15) is 5.10 Å². The summed E-state index contributed by atoms with van der Waals surface area (Å²) in [7, 11) is 0. The zero-order valence-corrected chi connectivity index (χ0v) is 11.7. The zero-order valence-electron chi connectivity index (χ0n) is 10.9. The number of amidine groups is 1. The zero-order chi connectivity index (χ0) is 13.5. The van der Waals surface area contributed by atoms with E-state index in [1.54, 1.807) is 0 Å². The van der Waals surface area contributed by atoms with Crippen molar-refractivity contribution in [3.8, 4) is 0 Å². The molecule has 1 rings (SSSR count). The number of nitrogens with zero attached hydrogens (tertiary/aromatic N) is 2. The molecule has 1 aromatic heterocycles. The van der Waals surface area contributed by atoms with Crippen LogP contribution in [0.4, 0.5) is 0 Å². The molecular weight excluding hydrogens is 248 g/mol. The topological polar surface area (TPSA) is 95.9 Å². The van der Waals surface area contributed by atoms with Crippen molar-refractivity contribution in [2.45, 2.75) is 38.1 Å². The summed E-state index contributed by atoms with van der Waals surface area (Å²) in [5.41, 5.74) is 8.32. The Bertz CT molecular complexity index is 423. The van der Waals surface area contributed by atoms with E-state index >= 15 is 0 Å². The summed E-state index contributed by atoms with van der Waals surface area (Å²) in [6, 6.07) is 0. The van der Waals surface area contributed by atoms with Crippen LogP contribution in [0.2, 0.25) is 0 Å². The molecule has 6 heteroatoms. The minimum absolute atomic E-state index is 0.0444. The molecule has 0 aliphatic carbocycles. The molecular formula is C12H20N4OS. The maximum Gasteiger partial charge on any atom is 0.130 e. The molecule has 18 heavy (non-hydrogen) atoms. The number of rotatable bonds is 7. The van der Waals surface area contributed by atoms with Crippen LogP contribution in [0.1, 0.15) is 37.1 Å². The van der Waals surface area contributed by atoms with Crippen molar-refractivity contribution < 1.29 is 5.11 Å². The average molecular weight is 268 g/mol. The molecule has 0 atom stereocenters. The molecule has 1 heterocycles. The number of aliphatic hydroxyl groups is 1. The third-order valence-corrected chi connectivity index (χ3v) is 3.68. The SMILES string of the molecule is CCc1nnc(SCCCO)c(C(=N)N)c1CC. The third-order valence-electron chi connectivity index (χ3n) is 2.62. The molecule has 100 valence electrons. The van der Waals surface area contributed by atoms with Crippen molar-refractivity contribution >= 4 is 17.6 Å². The first-order chi connectivity index (χ1) is 8.65. The maximum atomic E-state index is 8.79. The van der Waals surface area contributed by atoms with Gasteiger partial charge in [-0.25, -0.2) is 0 Å². The Morgan fingerprint density at radius 3 is 2.56 bits per heavy atom. The minimum Gasteiger partial charge on any atom is -0.396 e. The highest BCUT2D eigenvalue weighted by Gasteiger charge is 2.16. The normalized spacial score (nSPS) is 10.6. The van der Waals surface area contributed by atoms with Crippen LogP contribution >= 0.6 is 11.8 Å². The lowest BCUT2D eigenvalue weighted by molar-refractivity contribution is 0.296. The predicted molar refractivity (Wildman–Crippen MR) is 74.2 cm³/mol. The Hall–Kier alpha value is -1.14. The van der Waals surface area contributed by atoms with Crippen molar-refractivity contribution in [3.63, 3.8) is 0 Å². The van der Waals surface area contributed by atoms with Crippen LogP contribution in [0.5, 0.6) is 0 Å². The first kappa shape index (κ1) is 14.9. The lowest BCUT2D eigenvalue weighted by atomic mass is 10.0. The lowest BCUT2D eigenvalue weighted by Crippen LogP contribution is -2.18. The largest absolute Gasteiger partial charge is 0.396 e. The highest BCUT2D eigenvalue weighted by molar-refractivity contribution is 7.99. The van der Waals surface area contributed by atoms with Crippen LogP contribution in [0, 0.1) is 5.41 Å². The first-order valence-electron chi connectivity index (χ1n) is 6.12. The summed E-state index contributed by atoms with van der Waals surface area (Å²) in [6.07, 6.45) is 2.28. The first-order valence-corrected chi connectivity index (χ1v) is 7.10. The molecule has 0 aliphatic heterocycles. The fraction of sp³-hybridized carbons (Fsp3) is 0.583. The highest BCUT2D eigenvalue weighted by Crippen LogP contribution is 2.25. The van der Waals surface area contributed by atoms with Gasteiger partial charge in [0.15, 0.2) is 0 Å². The number of aliphatic hydroxyl groups excluding tert-OH is 1. The summed E-state index contributed by atoms with van der Waals surface area (Å²) in [6.45, 7) is 4.21. The second kappa shape index (κ2) is 7.33. The molecule has 0 spiro atoms. The van der Waals surface area contributed by atoms with Gasteiger partial charge in [0, 0.05) is 12.4 Å². The highest BCUT2D eigenvalue weighted by atomic mass is 32.2. The van der Waals surface area contributed by atoms with Crippen LogP contribution in [-0.4, -0.2) is 33.5 Å². The minimum atomic E-state index is 0.0444. The van der Waals surface area contributed by atoms with Gasteiger partial charge in [-0.05, 0) is 24.8 Å². The van der Waals surface area contributed by atoms with E-state index in [-0.39, 0.29) is 12.4 Å². The van der Waals surface area contributed by atoms with Gasteiger partial charge in [0.1, 0.15) is 10.9 Å². The van der Waals surface area contributed by atoms with Gasteiger partial charge >= 0.3 is 0 Å². The summed E-state index contributed by atoms with van der Waals surface area (Å²) in [4.78, 5) is 0. The van der Waals surface area contributed by atoms with Crippen LogP contribution in [0.15, 0.2) is 5.03 Å². The molecule has 0 aliphatic rings. The molecule has 4 N–H and O–H groups in total. The molecule has 0 radical (unpaired) electrons. The van der Waals surface area contributed by atoms with E-state index in [0.717, 1.165) is 29.9 Å². The number of aryl methyl sites for hydroxylation is 1. The Morgan fingerprint density at radius 2 is 2.06 bits per heavy atom. The number of nitrogens with two attached hydrogens (primary N) is 1. The number of nitrogen functional groups attached to an aromatic ring is 1. The smallest absolute Gasteiger partial charge is 0.130 e.